The van der Waals surface area contributed by atoms with E-state index >= 15 is 0 Å². The number of nitrogens with one attached hydrogen (secondary N) is 1. The van der Waals surface area contributed by atoms with Crippen LogP contribution < -0.4 is 11.1 Å². The third-order valence-electron chi connectivity index (χ3n) is 4.58. The SMILES string of the molecule is CC1CCC(NC(=O)C2(C)CCCC2N)C1. The highest BCUT2D eigenvalue weighted by Crippen LogP contribution is 2.37. The Morgan fingerprint density at radius 2 is 2.12 bits per heavy atom. The Labute approximate surface area is 98.2 Å². The highest BCUT2D eigenvalue weighted by molar-refractivity contribution is 5.83. The van der Waals surface area contributed by atoms with Gasteiger partial charge in [-0.15, -0.1) is 0 Å². The van der Waals surface area contributed by atoms with Crippen LogP contribution in [0.15, 0.2) is 0 Å². The van der Waals surface area contributed by atoms with Gasteiger partial charge in [-0.3, -0.25) is 4.79 Å². The molecule has 16 heavy (non-hydrogen) atoms. The van der Waals surface area contributed by atoms with Crippen molar-refractivity contribution < 1.29 is 4.79 Å². The fraction of sp³-hybridized carbons (Fsp3) is 0.923. The minimum absolute atomic E-state index is 0.0475. The number of carbonyl (C=O) groups excluding carboxylic acids is 1. The fourth-order valence-corrected chi connectivity index (χ4v) is 3.16. The molecule has 0 heterocycles. The maximum absolute atomic E-state index is 12.2. The molecule has 0 aromatic heterocycles. The molecule has 4 atom stereocenters. The van der Waals surface area contributed by atoms with Gasteiger partial charge in [-0.25, -0.2) is 0 Å². The Bertz CT molecular complexity index is 279. The maximum Gasteiger partial charge on any atom is 0.227 e. The summed E-state index contributed by atoms with van der Waals surface area (Å²) in [6.07, 6.45) is 6.54. The normalized spacial score (nSPS) is 43.6. The van der Waals surface area contributed by atoms with E-state index in [9.17, 15) is 4.79 Å². The largest absolute Gasteiger partial charge is 0.353 e. The van der Waals surface area contributed by atoms with Crippen LogP contribution in [0.1, 0.15) is 52.4 Å². The summed E-state index contributed by atoms with van der Waals surface area (Å²) in [7, 11) is 0. The monoisotopic (exact) mass is 224 g/mol. The van der Waals surface area contributed by atoms with E-state index < -0.39 is 0 Å². The summed E-state index contributed by atoms with van der Waals surface area (Å²) in [4.78, 5) is 12.2. The van der Waals surface area contributed by atoms with E-state index in [-0.39, 0.29) is 17.4 Å². The first-order valence-electron chi connectivity index (χ1n) is 6.59. The summed E-state index contributed by atoms with van der Waals surface area (Å²) in [5, 5.41) is 3.20. The van der Waals surface area contributed by atoms with Gasteiger partial charge in [0, 0.05) is 12.1 Å². The summed E-state index contributed by atoms with van der Waals surface area (Å²) in [6, 6.07) is 0.443. The molecule has 2 fully saturated rings. The first-order chi connectivity index (χ1) is 7.52. The molecule has 3 heteroatoms. The second-order valence-electron chi connectivity index (χ2n) is 6.00. The van der Waals surface area contributed by atoms with Crippen molar-refractivity contribution in [2.45, 2.75) is 64.5 Å². The lowest BCUT2D eigenvalue weighted by Crippen LogP contribution is -2.49. The van der Waals surface area contributed by atoms with Gasteiger partial charge < -0.3 is 11.1 Å². The van der Waals surface area contributed by atoms with Crippen molar-refractivity contribution >= 4 is 5.91 Å². The molecule has 0 spiro atoms. The number of amides is 1. The Morgan fingerprint density at radius 1 is 1.38 bits per heavy atom. The minimum Gasteiger partial charge on any atom is -0.353 e. The molecule has 2 aliphatic rings. The van der Waals surface area contributed by atoms with Crippen LogP contribution >= 0.6 is 0 Å². The lowest BCUT2D eigenvalue weighted by Gasteiger charge is -2.29. The van der Waals surface area contributed by atoms with E-state index in [0.29, 0.717) is 6.04 Å². The van der Waals surface area contributed by atoms with E-state index in [4.69, 9.17) is 5.73 Å². The molecule has 1 amide bonds. The van der Waals surface area contributed by atoms with Crippen LogP contribution in [-0.2, 0) is 4.79 Å². The highest BCUT2D eigenvalue weighted by Gasteiger charge is 2.43. The van der Waals surface area contributed by atoms with Crippen molar-refractivity contribution in [2.24, 2.45) is 17.1 Å². The van der Waals surface area contributed by atoms with Crippen LogP contribution in [0.3, 0.4) is 0 Å². The van der Waals surface area contributed by atoms with E-state index in [1.807, 2.05) is 6.92 Å². The van der Waals surface area contributed by atoms with E-state index in [1.54, 1.807) is 0 Å². The maximum atomic E-state index is 12.2. The molecule has 92 valence electrons. The lowest BCUT2D eigenvalue weighted by molar-refractivity contribution is -0.131. The standard InChI is InChI=1S/C13H24N2O/c1-9-5-6-10(8-9)15-12(16)13(2)7-3-4-11(13)14/h9-11H,3-8,14H2,1-2H3,(H,15,16). The van der Waals surface area contributed by atoms with Gasteiger partial charge in [-0.1, -0.05) is 13.3 Å². The van der Waals surface area contributed by atoms with Gasteiger partial charge in [0.2, 0.25) is 5.91 Å². The van der Waals surface area contributed by atoms with Gasteiger partial charge in [0.25, 0.3) is 0 Å². The van der Waals surface area contributed by atoms with Crippen LogP contribution in [0, 0.1) is 11.3 Å². The summed E-state index contributed by atoms with van der Waals surface area (Å²) in [5.41, 5.74) is 5.74. The van der Waals surface area contributed by atoms with Crippen LogP contribution in [0.2, 0.25) is 0 Å². The number of hydrogen-bond acceptors (Lipinski definition) is 2. The average molecular weight is 224 g/mol. The lowest BCUT2D eigenvalue weighted by atomic mass is 9.84. The highest BCUT2D eigenvalue weighted by atomic mass is 16.2. The second-order valence-corrected chi connectivity index (χ2v) is 6.00. The van der Waals surface area contributed by atoms with Crippen molar-refractivity contribution in [3.05, 3.63) is 0 Å². The molecular formula is C13H24N2O. The Kier molecular flexibility index (Phi) is 3.24. The predicted molar refractivity (Wildman–Crippen MR) is 64.9 cm³/mol. The van der Waals surface area contributed by atoms with Crippen LogP contribution in [-0.4, -0.2) is 18.0 Å². The number of carbonyl (C=O) groups is 1. The van der Waals surface area contributed by atoms with Gasteiger partial charge in [0.05, 0.1) is 5.41 Å². The molecule has 4 unspecified atom stereocenters. The van der Waals surface area contributed by atoms with Gasteiger partial charge in [0.1, 0.15) is 0 Å². The summed E-state index contributed by atoms with van der Waals surface area (Å²) >= 11 is 0. The molecular weight excluding hydrogens is 200 g/mol. The minimum atomic E-state index is -0.314. The van der Waals surface area contributed by atoms with Crippen molar-refractivity contribution in [3.63, 3.8) is 0 Å². The molecule has 2 aliphatic carbocycles. The Balaban J connectivity index is 1.92. The topological polar surface area (TPSA) is 55.1 Å². The predicted octanol–water partition coefficient (Wildman–Crippen LogP) is 1.81. The molecule has 2 saturated carbocycles. The molecule has 0 bridgehead atoms. The number of hydrogen-bond donors (Lipinski definition) is 2. The molecule has 0 aromatic rings. The number of rotatable bonds is 2. The van der Waals surface area contributed by atoms with Crippen LogP contribution in [0.4, 0.5) is 0 Å². The summed E-state index contributed by atoms with van der Waals surface area (Å²) in [5.74, 6) is 0.951. The zero-order chi connectivity index (χ0) is 11.8. The molecule has 0 saturated heterocycles. The van der Waals surface area contributed by atoms with Gasteiger partial charge in [-0.05, 0) is 44.9 Å². The van der Waals surface area contributed by atoms with Crippen molar-refractivity contribution in [3.8, 4) is 0 Å². The third kappa shape index (κ3) is 2.10. The molecule has 0 radical (unpaired) electrons. The zero-order valence-corrected chi connectivity index (χ0v) is 10.5. The molecule has 3 nitrogen and oxygen atoms in total. The molecule has 0 aliphatic heterocycles. The van der Waals surface area contributed by atoms with Crippen molar-refractivity contribution in [1.82, 2.24) is 5.32 Å². The van der Waals surface area contributed by atoms with Crippen LogP contribution in [0.5, 0.6) is 0 Å². The van der Waals surface area contributed by atoms with Gasteiger partial charge in [0.15, 0.2) is 0 Å². The van der Waals surface area contributed by atoms with Gasteiger partial charge >= 0.3 is 0 Å². The zero-order valence-electron chi connectivity index (χ0n) is 10.5. The summed E-state index contributed by atoms with van der Waals surface area (Å²) < 4.78 is 0. The van der Waals surface area contributed by atoms with E-state index in [1.165, 1.54) is 6.42 Å². The first-order valence-corrected chi connectivity index (χ1v) is 6.59. The van der Waals surface area contributed by atoms with E-state index in [0.717, 1.165) is 38.0 Å². The van der Waals surface area contributed by atoms with Gasteiger partial charge in [-0.2, -0.15) is 0 Å². The van der Waals surface area contributed by atoms with E-state index in [2.05, 4.69) is 12.2 Å². The second kappa shape index (κ2) is 4.36. The third-order valence-corrected chi connectivity index (χ3v) is 4.58. The van der Waals surface area contributed by atoms with Crippen molar-refractivity contribution in [2.75, 3.05) is 0 Å². The Hall–Kier alpha value is -0.570. The average Bonchev–Trinajstić information content (AvgIpc) is 2.76. The molecule has 2 rings (SSSR count). The fourth-order valence-electron chi connectivity index (χ4n) is 3.16. The van der Waals surface area contributed by atoms with Crippen molar-refractivity contribution in [1.29, 1.82) is 0 Å². The first kappa shape index (κ1) is 11.9. The summed E-state index contributed by atoms with van der Waals surface area (Å²) in [6.45, 7) is 4.29. The Morgan fingerprint density at radius 3 is 2.62 bits per heavy atom. The molecule has 3 N–H and O–H groups in total. The smallest absolute Gasteiger partial charge is 0.227 e. The number of nitrogens with two attached hydrogens (primary N) is 1. The molecule has 0 aromatic carbocycles. The van der Waals surface area contributed by atoms with Crippen LogP contribution in [0.25, 0.3) is 0 Å². The quantitative estimate of drug-likeness (QED) is 0.751.